The second-order valence-corrected chi connectivity index (χ2v) is 14.2. The van der Waals surface area contributed by atoms with Crippen LogP contribution in [0.25, 0.3) is 5.69 Å². The third kappa shape index (κ3) is 12.3. The standard InChI is InChI=1S/C37H41ClF3N3O6S.C2HF3O2/c1-37(25-5-10-29(38)33(22-25)47-2)11-3-4-32-34(37)44(27-8-6-26(39)7-9-27)36(43-32)51-23-28-30(40)20-24(21-31(28)41)35(46)42-12-14-48-16-18-50-19-17-49-15-13-45;3-2(4,5)1(6)7/h5-10,20-22,45H,3-4,11-19,23H2,1-2H3,(H,42,46);(H,6,7). The molecule has 3 aromatic carbocycles. The Morgan fingerprint density at radius 2 is 1.55 bits per heavy atom. The van der Waals surface area contributed by atoms with Crippen LogP contribution in [0.1, 0.15) is 52.6 Å². The zero-order valence-electron chi connectivity index (χ0n) is 31.5. The fourth-order valence-electron chi connectivity index (χ4n) is 6.07. The van der Waals surface area contributed by atoms with Gasteiger partial charge in [0.15, 0.2) is 5.16 Å². The highest BCUT2D eigenvalue weighted by atomic mass is 35.5. The average Bonchev–Trinajstić information content (AvgIpc) is 3.56. The molecule has 0 saturated heterocycles. The Bertz CT molecular complexity index is 1980. The van der Waals surface area contributed by atoms with Gasteiger partial charge in [-0.1, -0.05) is 29.4 Å². The number of aromatic nitrogens is 2. The van der Waals surface area contributed by atoms with E-state index in [1.165, 1.54) is 12.1 Å². The summed E-state index contributed by atoms with van der Waals surface area (Å²) < 4.78 is 99.8. The quantitative estimate of drug-likeness (QED) is 0.0531. The number of hydrogen-bond acceptors (Lipinski definition) is 9. The number of aliphatic carboxylic acids is 1. The number of aliphatic hydroxyl groups excluding tert-OH is 1. The molecule has 1 unspecified atom stereocenters. The van der Waals surface area contributed by atoms with Crippen molar-refractivity contribution >= 4 is 35.2 Å². The Balaban J connectivity index is 0.000000973. The van der Waals surface area contributed by atoms with Gasteiger partial charge in [-0.3, -0.25) is 9.36 Å². The maximum Gasteiger partial charge on any atom is 0.490 e. The number of amides is 1. The summed E-state index contributed by atoms with van der Waals surface area (Å²) in [7, 11) is 1.56. The average molecular weight is 862 g/mol. The molecule has 0 saturated carbocycles. The van der Waals surface area contributed by atoms with Crippen molar-refractivity contribution < 1.29 is 65.1 Å². The number of nitrogens with zero attached hydrogens (tertiary/aromatic N) is 2. The molecule has 58 heavy (non-hydrogen) atoms. The van der Waals surface area contributed by atoms with Gasteiger partial charge in [0.2, 0.25) is 0 Å². The minimum atomic E-state index is -5.08. The first kappa shape index (κ1) is 46.4. The first-order chi connectivity index (χ1) is 27.6. The van der Waals surface area contributed by atoms with E-state index in [2.05, 4.69) is 12.2 Å². The smallest absolute Gasteiger partial charge is 0.490 e. The SMILES string of the molecule is COc1cc(C2(C)CCCc3nc(SCc4c(F)cc(C(=O)NCCOCCOCCOCCO)cc4F)n(-c4ccc(F)cc4)c32)ccc1Cl.O=C(O)C(F)(F)F. The van der Waals surface area contributed by atoms with Gasteiger partial charge in [0.25, 0.3) is 5.91 Å². The highest BCUT2D eigenvalue weighted by molar-refractivity contribution is 7.98. The van der Waals surface area contributed by atoms with E-state index < -0.39 is 40.9 Å². The number of alkyl halides is 3. The lowest BCUT2D eigenvalue weighted by Gasteiger charge is -2.36. The number of hydrogen-bond donors (Lipinski definition) is 3. The van der Waals surface area contributed by atoms with E-state index in [1.807, 2.05) is 16.7 Å². The van der Waals surface area contributed by atoms with Gasteiger partial charge < -0.3 is 34.5 Å². The number of carboxylic acid groups (broad SMARTS) is 1. The van der Waals surface area contributed by atoms with E-state index in [0.717, 1.165) is 53.7 Å². The van der Waals surface area contributed by atoms with Crippen LogP contribution in [0.2, 0.25) is 5.02 Å². The Hall–Kier alpha value is -4.33. The molecule has 3 N–H and O–H groups in total. The van der Waals surface area contributed by atoms with E-state index in [9.17, 15) is 22.4 Å². The highest BCUT2D eigenvalue weighted by Gasteiger charge is 2.40. The summed E-state index contributed by atoms with van der Waals surface area (Å²) in [5, 5.41) is 19.4. The number of rotatable bonds is 18. The predicted octanol–water partition coefficient (Wildman–Crippen LogP) is 7.29. The minimum Gasteiger partial charge on any atom is -0.495 e. The van der Waals surface area contributed by atoms with Crippen LogP contribution < -0.4 is 10.1 Å². The Morgan fingerprint density at radius 1 is 0.948 bits per heavy atom. The number of carboxylic acids is 1. The zero-order valence-corrected chi connectivity index (χ0v) is 33.0. The maximum atomic E-state index is 15.4. The van der Waals surface area contributed by atoms with Crippen molar-refractivity contribution in [3.05, 3.63) is 105 Å². The Morgan fingerprint density at radius 3 is 2.14 bits per heavy atom. The van der Waals surface area contributed by atoms with Crippen LogP contribution in [0.3, 0.4) is 0 Å². The molecule has 1 aliphatic rings. The summed E-state index contributed by atoms with van der Waals surface area (Å²) in [4.78, 5) is 26.5. The van der Waals surface area contributed by atoms with Crippen LogP contribution in [0.4, 0.5) is 26.3 Å². The number of halogens is 7. The van der Waals surface area contributed by atoms with Crippen LogP contribution in [0, 0.1) is 17.5 Å². The molecule has 0 radical (unpaired) electrons. The summed E-state index contributed by atoms with van der Waals surface area (Å²) >= 11 is 7.52. The number of fused-ring (bicyclic) bond motifs is 1. The third-order valence-electron chi connectivity index (χ3n) is 8.91. The molecule has 316 valence electrons. The number of carbonyl (C=O) groups is 2. The Kier molecular flexibility index (Phi) is 17.3. The van der Waals surface area contributed by atoms with Crippen LogP contribution in [0.5, 0.6) is 5.75 Å². The lowest BCUT2D eigenvalue weighted by molar-refractivity contribution is -0.192. The molecule has 1 atom stereocenters. The van der Waals surface area contributed by atoms with Crippen molar-refractivity contribution in [2.24, 2.45) is 0 Å². The van der Waals surface area contributed by atoms with Gasteiger partial charge in [0.1, 0.15) is 23.2 Å². The van der Waals surface area contributed by atoms with Gasteiger partial charge in [-0.25, -0.2) is 22.9 Å². The second-order valence-electron chi connectivity index (χ2n) is 12.9. The molecule has 0 bridgehead atoms. The van der Waals surface area contributed by atoms with Crippen molar-refractivity contribution in [2.75, 3.05) is 59.9 Å². The van der Waals surface area contributed by atoms with Crippen LogP contribution in [-0.2, 0) is 36.6 Å². The van der Waals surface area contributed by atoms with Crippen molar-refractivity contribution in [3.63, 3.8) is 0 Å². The molecule has 4 aromatic rings. The van der Waals surface area contributed by atoms with Gasteiger partial charge in [-0.15, -0.1) is 0 Å². The van der Waals surface area contributed by atoms with E-state index in [4.69, 9.17) is 50.5 Å². The number of benzene rings is 3. The number of thioether (sulfide) groups is 1. The number of imidazole rings is 1. The van der Waals surface area contributed by atoms with Crippen LogP contribution in [0.15, 0.2) is 59.8 Å². The number of carbonyl (C=O) groups excluding carboxylic acids is 1. The highest BCUT2D eigenvalue weighted by Crippen LogP contribution is 2.47. The Labute approximate surface area is 339 Å². The van der Waals surface area contributed by atoms with Crippen molar-refractivity contribution in [2.45, 2.75) is 48.7 Å². The van der Waals surface area contributed by atoms with E-state index in [1.54, 1.807) is 25.3 Å². The molecule has 1 heterocycles. The molecular weight excluding hydrogens is 820 g/mol. The summed E-state index contributed by atoms with van der Waals surface area (Å²) in [5.41, 5.74) is 2.49. The molecule has 11 nitrogen and oxygen atoms in total. The van der Waals surface area contributed by atoms with Gasteiger partial charge >= 0.3 is 12.1 Å². The largest absolute Gasteiger partial charge is 0.495 e. The van der Waals surface area contributed by atoms with Crippen LogP contribution >= 0.6 is 23.4 Å². The lowest BCUT2D eigenvalue weighted by atomic mass is 9.71. The predicted molar refractivity (Wildman–Crippen MR) is 202 cm³/mol. The first-order valence-electron chi connectivity index (χ1n) is 17.9. The molecule has 1 aromatic heterocycles. The van der Waals surface area contributed by atoms with Crippen LogP contribution in [-0.4, -0.2) is 97.7 Å². The minimum absolute atomic E-state index is 0.0462. The monoisotopic (exact) mass is 861 g/mol. The molecule has 0 aliphatic heterocycles. The number of aryl methyl sites for hydroxylation is 1. The second kappa shape index (κ2) is 21.6. The summed E-state index contributed by atoms with van der Waals surface area (Å²) in [5.74, 6) is -5.06. The number of methoxy groups -OCH3 is 1. The molecule has 1 aliphatic carbocycles. The first-order valence-corrected chi connectivity index (χ1v) is 19.2. The van der Waals surface area contributed by atoms with Crippen molar-refractivity contribution in [3.8, 4) is 11.4 Å². The van der Waals surface area contributed by atoms with E-state index in [0.29, 0.717) is 54.5 Å². The molecule has 5 rings (SSSR count). The number of nitrogens with one attached hydrogen (secondary N) is 1. The fourth-order valence-corrected chi connectivity index (χ4v) is 7.32. The lowest BCUT2D eigenvalue weighted by Crippen LogP contribution is -2.31. The van der Waals surface area contributed by atoms with Crippen molar-refractivity contribution in [1.82, 2.24) is 14.9 Å². The van der Waals surface area contributed by atoms with Crippen molar-refractivity contribution in [1.29, 1.82) is 0 Å². The van der Waals surface area contributed by atoms with E-state index >= 15 is 8.78 Å². The molecule has 0 fully saturated rings. The third-order valence-corrected chi connectivity index (χ3v) is 10.2. The number of aliphatic hydroxyl groups is 1. The van der Waals surface area contributed by atoms with Gasteiger partial charge in [-0.05, 0) is 80.3 Å². The van der Waals surface area contributed by atoms with Gasteiger partial charge in [0, 0.05) is 34.5 Å². The fraction of sp³-hybridized carbons (Fsp3) is 0.410. The van der Waals surface area contributed by atoms with E-state index in [-0.39, 0.29) is 43.2 Å². The maximum absolute atomic E-state index is 15.4. The summed E-state index contributed by atoms with van der Waals surface area (Å²) in [6, 6.07) is 13.8. The normalized spacial score (nSPS) is 15.0. The van der Waals surface area contributed by atoms with Gasteiger partial charge in [0.05, 0.1) is 69.8 Å². The molecule has 19 heteroatoms. The van der Waals surface area contributed by atoms with Gasteiger partial charge in [-0.2, -0.15) is 13.2 Å². The number of ether oxygens (including phenoxy) is 4. The molecule has 0 spiro atoms. The summed E-state index contributed by atoms with van der Waals surface area (Å²) in [6.45, 7) is 4.00. The molecular formula is C39H42ClF6N3O8S. The topological polar surface area (TPSA) is 141 Å². The zero-order chi connectivity index (χ0) is 42.5. The molecule has 1 amide bonds. The summed E-state index contributed by atoms with van der Waals surface area (Å²) in [6.07, 6.45) is -2.74.